The molecule has 0 saturated carbocycles. The van der Waals surface area contributed by atoms with E-state index in [0.717, 1.165) is 17.1 Å². The summed E-state index contributed by atoms with van der Waals surface area (Å²) in [5.41, 5.74) is 1.81. The molecule has 1 amide bonds. The van der Waals surface area contributed by atoms with Crippen molar-refractivity contribution in [1.29, 1.82) is 0 Å². The van der Waals surface area contributed by atoms with Crippen molar-refractivity contribution >= 4 is 22.6 Å². The second-order valence-electron chi connectivity index (χ2n) is 4.74. The maximum absolute atomic E-state index is 13.9. The highest BCUT2D eigenvalue weighted by molar-refractivity contribution is 6.05. The van der Waals surface area contributed by atoms with Crippen LogP contribution < -0.4 is 10.1 Å². The molecule has 0 bridgehead atoms. The van der Waals surface area contributed by atoms with Crippen LogP contribution in [0.3, 0.4) is 0 Å². The van der Waals surface area contributed by atoms with Gasteiger partial charge in [0.05, 0.1) is 24.6 Å². The first-order chi connectivity index (χ1) is 10.6. The number of benzene rings is 1. The minimum atomic E-state index is -0.648. The maximum atomic E-state index is 13.9. The minimum absolute atomic E-state index is 0.0650. The fourth-order valence-corrected chi connectivity index (χ4v) is 2.09. The fraction of sp³-hybridized carbons (Fsp3) is 0.133. The van der Waals surface area contributed by atoms with Gasteiger partial charge in [0, 0.05) is 17.1 Å². The van der Waals surface area contributed by atoms with Gasteiger partial charge in [0.1, 0.15) is 11.6 Å². The van der Waals surface area contributed by atoms with Crippen LogP contribution in [0, 0.1) is 12.7 Å². The van der Waals surface area contributed by atoms with Gasteiger partial charge < -0.3 is 10.1 Å². The zero-order chi connectivity index (χ0) is 15.7. The third-order valence-electron chi connectivity index (χ3n) is 3.28. The van der Waals surface area contributed by atoms with Crippen molar-refractivity contribution in [3.8, 4) is 5.75 Å². The molecule has 3 rings (SSSR count). The van der Waals surface area contributed by atoms with Crippen molar-refractivity contribution in [1.82, 2.24) is 15.2 Å². The van der Waals surface area contributed by atoms with Gasteiger partial charge in [-0.1, -0.05) is 0 Å². The Kier molecular flexibility index (Phi) is 3.46. The summed E-state index contributed by atoms with van der Waals surface area (Å²) in [7, 11) is 1.43. The SMILES string of the molecule is COc1ccc(C(=O)Nc2cnc3n[nH]c(C)c3c2)c(F)c1. The number of H-pyrrole nitrogens is 1. The summed E-state index contributed by atoms with van der Waals surface area (Å²) in [4.78, 5) is 16.3. The number of fused-ring (bicyclic) bond motifs is 1. The van der Waals surface area contributed by atoms with Crippen molar-refractivity contribution in [3.05, 3.63) is 47.5 Å². The van der Waals surface area contributed by atoms with Crippen LogP contribution >= 0.6 is 0 Å². The number of halogens is 1. The Bertz CT molecular complexity index is 860. The van der Waals surface area contributed by atoms with E-state index in [-0.39, 0.29) is 5.56 Å². The number of hydrogen-bond donors (Lipinski definition) is 2. The van der Waals surface area contributed by atoms with Gasteiger partial charge in [-0.15, -0.1) is 0 Å². The largest absolute Gasteiger partial charge is 0.497 e. The molecular formula is C15H13FN4O2. The first-order valence-electron chi connectivity index (χ1n) is 6.54. The average Bonchev–Trinajstić information content (AvgIpc) is 2.88. The first kappa shape index (κ1) is 14.0. The molecule has 3 aromatic rings. The lowest BCUT2D eigenvalue weighted by Crippen LogP contribution is -2.14. The van der Waals surface area contributed by atoms with E-state index < -0.39 is 11.7 Å². The van der Waals surface area contributed by atoms with E-state index >= 15 is 0 Å². The molecule has 0 fully saturated rings. The van der Waals surface area contributed by atoms with E-state index in [1.165, 1.54) is 25.4 Å². The van der Waals surface area contributed by atoms with Crippen molar-refractivity contribution in [3.63, 3.8) is 0 Å². The number of nitrogens with zero attached hydrogens (tertiary/aromatic N) is 2. The lowest BCUT2D eigenvalue weighted by Gasteiger charge is -2.07. The van der Waals surface area contributed by atoms with E-state index in [1.54, 1.807) is 6.07 Å². The van der Waals surface area contributed by atoms with E-state index in [2.05, 4.69) is 20.5 Å². The molecule has 22 heavy (non-hydrogen) atoms. The van der Waals surface area contributed by atoms with Gasteiger partial charge in [0.2, 0.25) is 0 Å². The number of aromatic amines is 1. The van der Waals surface area contributed by atoms with Gasteiger partial charge in [-0.3, -0.25) is 9.89 Å². The van der Waals surface area contributed by atoms with Gasteiger partial charge >= 0.3 is 0 Å². The normalized spacial score (nSPS) is 10.7. The van der Waals surface area contributed by atoms with Crippen molar-refractivity contribution in [2.24, 2.45) is 0 Å². The van der Waals surface area contributed by atoms with E-state index in [4.69, 9.17) is 4.74 Å². The molecule has 2 heterocycles. The highest BCUT2D eigenvalue weighted by atomic mass is 19.1. The first-order valence-corrected chi connectivity index (χ1v) is 6.54. The number of pyridine rings is 1. The van der Waals surface area contributed by atoms with Crippen molar-refractivity contribution in [2.75, 3.05) is 12.4 Å². The summed E-state index contributed by atoms with van der Waals surface area (Å²) < 4.78 is 18.8. The number of aryl methyl sites for hydroxylation is 1. The minimum Gasteiger partial charge on any atom is -0.497 e. The topological polar surface area (TPSA) is 79.9 Å². The molecule has 6 nitrogen and oxygen atoms in total. The van der Waals surface area contributed by atoms with E-state index in [0.29, 0.717) is 17.1 Å². The summed E-state index contributed by atoms with van der Waals surface area (Å²) in [5, 5.41) is 10.2. The van der Waals surface area contributed by atoms with Crippen LogP contribution in [0.1, 0.15) is 16.1 Å². The number of carbonyl (C=O) groups is 1. The number of ether oxygens (including phenoxy) is 1. The monoisotopic (exact) mass is 300 g/mol. The number of amides is 1. The predicted molar refractivity (Wildman–Crippen MR) is 79.5 cm³/mol. The Morgan fingerprint density at radius 2 is 2.18 bits per heavy atom. The van der Waals surface area contributed by atoms with E-state index in [1.807, 2.05) is 6.92 Å². The van der Waals surface area contributed by atoms with Gasteiger partial charge in [-0.2, -0.15) is 5.10 Å². The third-order valence-corrected chi connectivity index (χ3v) is 3.28. The maximum Gasteiger partial charge on any atom is 0.258 e. The molecule has 112 valence electrons. The molecule has 2 N–H and O–H groups in total. The average molecular weight is 300 g/mol. The van der Waals surface area contributed by atoms with Crippen LogP contribution in [0.2, 0.25) is 0 Å². The number of anilines is 1. The number of hydrogen-bond acceptors (Lipinski definition) is 4. The molecule has 0 aliphatic heterocycles. The number of rotatable bonds is 3. The fourth-order valence-electron chi connectivity index (χ4n) is 2.09. The summed E-state index contributed by atoms with van der Waals surface area (Å²) >= 11 is 0. The standard InChI is InChI=1S/C15H13FN4O2/c1-8-12-5-9(7-17-14(12)20-19-8)18-15(21)11-4-3-10(22-2)6-13(11)16/h3-7H,1-2H3,(H,18,21)(H,17,19,20). The van der Waals surface area contributed by atoms with Crippen LogP contribution in [0.5, 0.6) is 5.75 Å². The van der Waals surface area contributed by atoms with E-state index in [9.17, 15) is 9.18 Å². The van der Waals surface area contributed by atoms with Gasteiger partial charge in [0.15, 0.2) is 5.65 Å². The van der Waals surface area contributed by atoms with Gasteiger partial charge in [0.25, 0.3) is 5.91 Å². The quantitative estimate of drug-likeness (QED) is 0.779. The Morgan fingerprint density at radius 3 is 2.91 bits per heavy atom. The van der Waals surface area contributed by atoms with Gasteiger partial charge in [-0.05, 0) is 25.1 Å². The lowest BCUT2D eigenvalue weighted by atomic mass is 10.2. The highest BCUT2D eigenvalue weighted by Gasteiger charge is 2.14. The van der Waals surface area contributed by atoms with Gasteiger partial charge in [-0.25, -0.2) is 9.37 Å². The number of methoxy groups -OCH3 is 1. The molecule has 0 atom stereocenters. The molecule has 0 unspecified atom stereocenters. The zero-order valence-corrected chi connectivity index (χ0v) is 12.0. The van der Waals surface area contributed by atoms with Crippen LogP contribution in [-0.4, -0.2) is 28.2 Å². The summed E-state index contributed by atoms with van der Waals surface area (Å²) in [6, 6.07) is 5.80. The molecule has 2 aromatic heterocycles. The molecule has 0 aliphatic carbocycles. The summed E-state index contributed by atoms with van der Waals surface area (Å²) in [6.07, 6.45) is 1.47. The molecule has 0 spiro atoms. The number of nitrogens with one attached hydrogen (secondary N) is 2. The van der Waals surface area contributed by atoms with Crippen molar-refractivity contribution in [2.45, 2.75) is 6.92 Å². The third kappa shape index (κ3) is 2.48. The van der Waals surface area contributed by atoms with Crippen LogP contribution in [0.25, 0.3) is 11.0 Å². The second-order valence-corrected chi connectivity index (χ2v) is 4.74. The molecule has 7 heteroatoms. The lowest BCUT2D eigenvalue weighted by molar-refractivity contribution is 0.102. The summed E-state index contributed by atoms with van der Waals surface area (Å²) in [6.45, 7) is 1.85. The van der Waals surface area contributed by atoms with Crippen LogP contribution in [-0.2, 0) is 0 Å². The number of carbonyl (C=O) groups excluding carboxylic acids is 1. The van der Waals surface area contributed by atoms with Crippen LogP contribution in [0.15, 0.2) is 30.5 Å². The Morgan fingerprint density at radius 1 is 1.36 bits per heavy atom. The Hall–Kier alpha value is -2.96. The molecular weight excluding hydrogens is 287 g/mol. The molecule has 1 aromatic carbocycles. The molecule has 0 aliphatic rings. The summed E-state index contributed by atoms with van der Waals surface area (Å²) in [5.74, 6) is -0.848. The number of aromatic nitrogens is 3. The smallest absolute Gasteiger partial charge is 0.258 e. The Balaban J connectivity index is 1.87. The Labute approximate surface area is 125 Å². The highest BCUT2D eigenvalue weighted by Crippen LogP contribution is 2.20. The second kappa shape index (κ2) is 5.44. The van der Waals surface area contributed by atoms with Crippen LogP contribution in [0.4, 0.5) is 10.1 Å². The van der Waals surface area contributed by atoms with Crippen molar-refractivity contribution < 1.29 is 13.9 Å². The predicted octanol–water partition coefficient (Wildman–Crippen LogP) is 2.67. The molecule has 0 radical (unpaired) electrons. The molecule has 0 saturated heterocycles. The zero-order valence-electron chi connectivity index (χ0n) is 12.0.